The van der Waals surface area contributed by atoms with Gasteiger partial charge in [0.1, 0.15) is 0 Å². The first-order valence-corrected chi connectivity index (χ1v) is 7.72. The predicted molar refractivity (Wildman–Crippen MR) is 87.1 cm³/mol. The molecule has 2 unspecified atom stereocenters. The minimum absolute atomic E-state index is 0. The molecule has 1 saturated heterocycles. The van der Waals surface area contributed by atoms with Gasteiger partial charge in [0, 0.05) is 25.2 Å². The molecule has 6 heteroatoms. The summed E-state index contributed by atoms with van der Waals surface area (Å²) in [4.78, 5) is 8.62. The second-order valence-corrected chi connectivity index (χ2v) is 5.93. The molecule has 1 aliphatic rings. The molecule has 0 aromatic carbocycles. The zero-order valence-corrected chi connectivity index (χ0v) is 13.7. The van der Waals surface area contributed by atoms with Crippen LogP contribution in [-0.2, 0) is 12.8 Å². The first-order chi connectivity index (χ1) is 10.3. The Balaban J connectivity index is 0.00000176. The summed E-state index contributed by atoms with van der Waals surface area (Å²) in [5, 5.41) is 7.55. The Labute approximate surface area is 137 Å². The molecule has 0 amide bonds. The van der Waals surface area contributed by atoms with E-state index in [4.69, 9.17) is 4.52 Å². The highest BCUT2D eigenvalue weighted by atomic mass is 35.5. The van der Waals surface area contributed by atoms with Crippen LogP contribution in [0.3, 0.4) is 0 Å². The van der Waals surface area contributed by atoms with E-state index in [1.54, 1.807) is 6.20 Å². The molecule has 1 N–H and O–H groups in total. The summed E-state index contributed by atoms with van der Waals surface area (Å²) in [6, 6.07) is 3.95. The second-order valence-electron chi connectivity index (χ2n) is 5.93. The number of hydrogen-bond donors (Lipinski definition) is 1. The highest BCUT2D eigenvalue weighted by Crippen LogP contribution is 2.22. The van der Waals surface area contributed by atoms with Crippen molar-refractivity contribution in [3.8, 4) is 0 Å². The van der Waals surface area contributed by atoms with Crippen molar-refractivity contribution in [3.05, 3.63) is 41.8 Å². The molecule has 5 nitrogen and oxygen atoms in total. The zero-order valence-electron chi connectivity index (χ0n) is 12.9. The molecule has 1 aliphatic heterocycles. The lowest BCUT2D eigenvalue weighted by Crippen LogP contribution is -2.33. The Morgan fingerprint density at radius 1 is 1.45 bits per heavy atom. The van der Waals surface area contributed by atoms with Gasteiger partial charge in [-0.25, -0.2) is 0 Å². The number of nitrogens with zero attached hydrogens (tertiary/aromatic N) is 3. The van der Waals surface area contributed by atoms with Crippen LogP contribution in [0.15, 0.2) is 29.0 Å². The number of aromatic nitrogens is 3. The maximum absolute atomic E-state index is 5.40. The number of piperidine rings is 1. The number of hydrogen-bond acceptors (Lipinski definition) is 5. The summed E-state index contributed by atoms with van der Waals surface area (Å²) in [6.07, 6.45) is 7.72. The molecule has 0 spiro atoms. The quantitative estimate of drug-likeness (QED) is 0.917. The Hall–Kier alpha value is -1.46. The average Bonchev–Trinajstić information content (AvgIpc) is 2.96. The summed E-state index contributed by atoms with van der Waals surface area (Å²) in [5.41, 5.74) is 1.11. The SMILES string of the molecule is CC(Cc1nc(Cc2cccnc2)no1)C1CCCNC1.Cl. The van der Waals surface area contributed by atoms with Gasteiger partial charge >= 0.3 is 0 Å². The van der Waals surface area contributed by atoms with Crippen LogP contribution in [0.4, 0.5) is 0 Å². The molecule has 2 aromatic heterocycles. The number of rotatable bonds is 5. The van der Waals surface area contributed by atoms with Gasteiger partial charge in [-0.1, -0.05) is 18.1 Å². The molecule has 1 fully saturated rings. The van der Waals surface area contributed by atoms with Gasteiger partial charge in [-0.2, -0.15) is 4.98 Å². The van der Waals surface area contributed by atoms with E-state index in [0.717, 1.165) is 36.8 Å². The molecule has 0 radical (unpaired) electrons. The van der Waals surface area contributed by atoms with Crippen LogP contribution in [0.2, 0.25) is 0 Å². The minimum atomic E-state index is 0. The van der Waals surface area contributed by atoms with Gasteiger partial charge in [0.05, 0.1) is 0 Å². The molecule has 3 heterocycles. The molecule has 0 aliphatic carbocycles. The van der Waals surface area contributed by atoms with Crippen LogP contribution in [-0.4, -0.2) is 28.2 Å². The van der Waals surface area contributed by atoms with Crippen molar-refractivity contribution < 1.29 is 4.52 Å². The Kier molecular flexibility index (Phi) is 6.34. The summed E-state index contributed by atoms with van der Waals surface area (Å²) in [5.74, 6) is 2.79. The van der Waals surface area contributed by atoms with E-state index < -0.39 is 0 Å². The molecule has 3 rings (SSSR count). The molecule has 2 atom stereocenters. The summed E-state index contributed by atoms with van der Waals surface area (Å²) < 4.78 is 5.40. The zero-order chi connectivity index (χ0) is 14.5. The largest absolute Gasteiger partial charge is 0.339 e. The standard InChI is InChI=1S/C16H22N4O.ClH/c1-12(14-5-3-7-18-11-14)8-16-19-15(20-21-16)9-13-4-2-6-17-10-13;/h2,4,6,10,12,14,18H,3,5,7-9,11H2,1H3;1H. The number of pyridine rings is 1. The monoisotopic (exact) mass is 322 g/mol. The van der Waals surface area contributed by atoms with E-state index in [9.17, 15) is 0 Å². The Bertz CT molecular complexity index is 554. The molecular weight excluding hydrogens is 300 g/mol. The fourth-order valence-electron chi connectivity index (χ4n) is 2.94. The fraction of sp³-hybridized carbons (Fsp3) is 0.562. The van der Waals surface area contributed by atoms with Crippen LogP contribution in [0, 0.1) is 11.8 Å². The van der Waals surface area contributed by atoms with Crippen LogP contribution < -0.4 is 5.32 Å². The smallest absolute Gasteiger partial charge is 0.226 e. The highest BCUT2D eigenvalue weighted by Gasteiger charge is 2.22. The third-order valence-corrected chi connectivity index (χ3v) is 4.23. The maximum Gasteiger partial charge on any atom is 0.226 e. The first kappa shape index (κ1) is 16.9. The van der Waals surface area contributed by atoms with Crippen molar-refractivity contribution in [2.45, 2.75) is 32.6 Å². The van der Waals surface area contributed by atoms with Crippen molar-refractivity contribution >= 4 is 12.4 Å². The minimum Gasteiger partial charge on any atom is -0.339 e. The third kappa shape index (κ3) is 4.52. The Morgan fingerprint density at radius 3 is 3.09 bits per heavy atom. The van der Waals surface area contributed by atoms with E-state index in [-0.39, 0.29) is 12.4 Å². The van der Waals surface area contributed by atoms with E-state index in [2.05, 4.69) is 27.4 Å². The summed E-state index contributed by atoms with van der Waals surface area (Å²) in [6.45, 7) is 4.54. The van der Waals surface area contributed by atoms with E-state index in [1.807, 2.05) is 18.3 Å². The van der Waals surface area contributed by atoms with Gasteiger partial charge in [-0.3, -0.25) is 4.98 Å². The lowest BCUT2D eigenvalue weighted by molar-refractivity contribution is 0.256. The van der Waals surface area contributed by atoms with Crippen molar-refractivity contribution in [1.29, 1.82) is 0 Å². The lowest BCUT2D eigenvalue weighted by Gasteiger charge is -2.27. The summed E-state index contributed by atoms with van der Waals surface area (Å²) >= 11 is 0. The normalized spacial score (nSPS) is 19.4. The van der Waals surface area contributed by atoms with Gasteiger partial charge in [-0.15, -0.1) is 12.4 Å². The Morgan fingerprint density at radius 2 is 2.36 bits per heavy atom. The van der Waals surface area contributed by atoms with Crippen molar-refractivity contribution in [3.63, 3.8) is 0 Å². The van der Waals surface area contributed by atoms with Crippen molar-refractivity contribution in [2.75, 3.05) is 13.1 Å². The van der Waals surface area contributed by atoms with Gasteiger partial charge in [0.2, 0.25) is 5.89 Å². The highest BCUT2D eigenvalue weighted by molar-refractivity contribution is 5.85. The van der Waals surface area contributed by atoms with E-state index in [0.29, 0.717) is 18.3 Å². The first-order valence-electron chi connectivity index (χ1n) is 7.72. The van der Waals surface area contributed by atoms with Gasteiger partial charge < -0.3 is 9.84 Å². The van der Waals surface area contributed by atoms with Crippen molar-refractivity contribution in [1.82, 2.24) is 20.4 Å². The third-order valence-electron chi connectivity index (χ3n) is 4.23. The van der Waals surface area contributed by atoms with Crippen molar-refractivity contribution in [2.24, 2.45) is 11.8 Å². The molecular formula is C16H23ClN4O. The average molecular weight is 323 g/mol. The fourth-order valence-corrected chi connectivity index (χ4v) is 2.94. The molecule has 0 bridgehead atoms. The maximum atomic E-state index is 5.40. The van der Waals surface area contributed by atoms with Crippen LogP contribution in [0.1, 0.15) is 37.0 Å². The van der Waals surface area contributed by atoms with Gasteiger partial charge in [0.15, 0.2) is 5.82 Å². The van der Waals surface area contributed by atoms with Gasteiger partial charge in [0.25, 0.3) is 0 Å². The number of halogens is 1. The molecule has 120 valence electrons. The predicted octanol–water partition coefficient (Wildman–Crippen LogP) is 2.66. The van der Waals surface area contributed by atoms with E-state index in [1.165, 1.54) is 12.8 Å². The molecule has 2 aromatic rings. The molecule has 0 saturated carbocycles. The second kappa shape index (κ2) is 8.25. The number of nitrogens with one attached hydrogen (secondary N) is 1. The van der Waals surface area contributed by atoms with E-state index >= 15 is 0 Å². The summed E-state index contributed by atoms with van der Waals surface area (Å²) in [7, 11) is 0. The topological polar surface area (TPSA) is 63.8 Å². The molecule has 22 heavy (non-hydrogen) atoms. The van der Waals surface area contributed by atoms with Crippen LogP contribution >= 0.6 is 12.4 Å². The van der Waals surface area contributed by atoms with Gasteiger partial charge in [-0.05, 0) is 49.4 Å². The van der Waals surface area contributed by atoms with Crippen LogP contribution in [0.5, 0.6) is 0 Å². The lowest BCUT2D eigenvalue weighted by atomic mass is 9.85. The van der Waals surface area contributed by atoms with Crippen LogP contribution in [0.25, 0.3) is 0 Å².